The van der Waals surface area contributed by atoms with Gasteiger partial charge in [-0.15, -0.1) is 5.10 Å². The van der Waals surface area contributed by atoms with E-state index >= 15 is 0 Å². The van der Waals surface area contributed by atoms with E-state index in [4.69, 9.17) is 0 Å². The Kier molecular flexibility index (Phi) is 4.76. The lowest BCUT2D eigenvalue weighted by Gasteiger charge is -1.99. The molecule has 0 radical (unpaired) electrons. The van der Waals surface area contributed by atoms with E-state index in [0.29, 0.717) is 6.42 Å². The van der Waals surface area contributed by atoms with Gasteiger partial charge in [0.15, 0.2) is 0 Å². The van der Waals surface area contributed by atoms with Crippen molar-refractivity contribution in [3.63, 3.8) is 0 Å². The van der Waals surface area contributed by atoms with E-state index < -0.39 is 0 Å². The molecule has 1 amide bonds. The van der Waals surface area contributed by atoms with Gasteiger partial charge >= 0.3 is 0 Å². The minimum absolute atomic E-state index is 0.0607. The predicted molar refractivity (Wildman–Crippen MR) is 56.1 cm³/mol. The van der Waals surface area contributed by atoms with Crippen LogP contribution in [0.15, 0.2) is 6.20 Å². The van der Waals surface area contributed by atoms with E-state index in [9.17, 15) is 4.79 Å². The molecule has 1 aromatic heterocycles. The van der Waals surface area contributed by atoms with Crippen molar-refractivity contribution in [2.45, 2.75) is 25.9 Å². The third kappa shape index (κ3) is 4.07. The number of aryl methyl sites for hydroxylation is 1. The van der Waals surface area contributed by atoms with Crippen LogP contribution in [0.5, 0.6) is 0 Å². The molecular formula is C9H17N5O. The van der Waals surface area contributed by atoms with Crippen molar-refractivity contribution in [1.82, 2.24) is 25.6 Å². The molecule has 1 heterocycles. The second-order valence-corrected chi connectivity index (χ2v) is 3.28. The van der Waals surface area contributed by atoms with Crippen LogP contribution in [0.25, 0.3) is 0 Å². The Hall–Kier alpha value is -1.43. The topological polar surface area (TPSA) is 71.8 Å². The molecule has 0 bridgehead atoms. The van der Waals surface area contributed by atoms with Crippen molar-refractivity contribution >= 4 is 5.91 Å². The second kappa shape index (κ2) is 6.13. The predicted octanol–water partition coefficient (Wildman–Crippen LogP) is -0.476. The number of hydrogen-bond acceptors (Lipinski definition) is 4. The molecule has 1 aromatic rings. The summed E-state index contributed by atoms with van der Waals surface area (Å²) in [5.74, 6) is 0.0607. The van der Waals surface area contributed by atoms with Gasteiger partial charge in [0.25, 0.3) is 0 Å². The number of amides is 1. The highest BCUT2D eigenvalue weighted by molar-refractivity contribution is 5.75. The van der Waals surface area contributed by atoms with Gasteiger partial charge in [-0.2, -0.15) is 0 Å². The van der Waals surface area contributed by atoms with Crippen molar-refractivity contribution < 1.29 is 4.79 Å². The third-order valence-corrected chi connectivity index (χ3v) is 2.01. The van der Waals surface area contributed by atoms with Crippen LogP contribution in [0, 0.1) is 0 Å². The van der Waals surface area contributed by atoms with Crippen molar-refractivity contribution in [3.05, 3.63) is 11.9 Å². The largest absolute Gasteiger partial charge is 0.359 e. The zero-order valence-electron chi connectivity index (χ0n) is 9.16. The fraction of sp³-hybridized carbons (Fsp3) is 0.667. The van der Waals surface area contributed by atoms with Crippen LogP contribution in [0.3, 0.4) is 0 Å². The summed E-state index contributed by atoms with van der Waals surface area (Å²) in [6.07, 6.45) is 3.19. The molecule has 0 fully saturated rings. The molecule has 84 valence electrons. The Morgan fingerprint density at radius 1 is 1.53 bits per heavy atom. The van der Waals surface area contributed by atoms with Gasteiger partial charge in [0.05, 0.1) is 5.69 Å². The normalized spacial score (nSPS) is 10.3. The summed E-state index contributed by atoms with van der Waals surface area (Å²) in [6.45, 7) is 1.44. The maximum atomic E-state index is 10.9. The van der Waals surface area contributed by atoms with Gasteiger partial charge in [-0.3, -0.25) is 9.48 Å². The van der Waals surface area contributed by atoms with Crippen LogP contribution in [-0.2, 0) is 17.9 Å². The van der Waals surface area contributed by atoms with E-state index in [1.165, 1.54) is 0 Å². The van der Waals surface area contributed by atoms with Crippen LogP contribution >= 0.6 is 0 Å². The number of aromatic nitrogens is 3. The zero-order chi connectivity index (χ0) is 11.1. The molecule has 0 aromatic carbocycles. The lowest BCUT2D eigenvalue weighted by Crippen LogP contribution is -2.17. The van der Waals surface area contributed by atoms with Crippen LogP contribution < -0.4 is 10.6 Å². The van der Waals surface area contributed by atoms with Crippen LogP contribution in [0.4, 0.5) is 0 Å². The van der Waals surface area contributed by atoms with Gasteiger partial charge in [-0.05, 0) is 13.5 Å². The quantitative estimate of drug-likeness (QED) is 0.667. The summed E-state index contributed by atoms with van der Waals surface area (Å²) in [7, 11) is 3.51. The maximum Gasteiger partial charge on any atom is 0.219 e. The first-order valence-electron chi connectivity index (χ1n) is 5.00. The highest BCUT2D eigenvalue weighted by atomic mass is 16.1. The average molecular weight is 211 g/mol. The van der Waals surface area contributed by atoms with E-state index in [-0.39, 0.29) is 5.91 Å². The Balaban J connectivity index is 2.28. The fourth-order valence-corrected chi connectivity index (χ4v) is 1.24. The van der Waals surface area contributed by atoms with Crippen LogP contribution in [0.1, 0.15) is 18.5 Å². The molecule has 2 N–H and O–H groups in total. The van der Waals surface area contributed by atoms with Crippen LogP contribution in [-0.4, -0.2) is 35.0 Å². The molecule has 0 aliphatic rings. The van der Waals surface area contributed by atoms with Crippen LogP contribution in [0.2, 0.25) is 0 Å². The molecular weight excluding hydrogens is 194 g/mol. The average Bonchev–Trinajstić information content (AvgIpc) is 2.66. The van der Waals surface area contributed by atoms with E-state index in [0.717, 1.165) is 25.2 Å². The number of carbonyl (C=O) groups is 1. The molecule has 6 nitrogen and oxygen atoms in total. The van der Waals surface area contributed by atoms with Gasteiger partial charge in [0.2, 0.25) is 5.91 Å². The van der Waals surface area contributed by atoms with Gasteiger partial charge in [0, 0.05) is 32.8 Å². The Bertz CT molecular complexity index is 309. The minimum Gasteiger partial charge on any atom is -0.359 e. The summed E-state index contributed by atoms with van der Waals surface area (Å²) in [6, 6.07) is 0. The molecule has 0 spiro atoms. The number of nitrogens with zero attached hydrogens (tertiary/aromatic N) is 3. The van der Waals surface area contributed by atoms with E-state index in [2.05, 4.69) is 20.9 Å². The first-order chi connectivity index (χ1) is 7.26. The maximum absolute atomic E-state index is 10.9. The lowest BCUT2D eigenvalue weighted by atomic mass is 10.3. The molecule has 6 heteroatoms. The Morgan fingerprint density at radius 3 is 3.00 bits per heavy atom. The summed E-state index contributed by atoms with van der Waals surface area (Å²) in [4.78, 5) is 10.9. The lowest BCUT2D eigenvalue weighted by molar-refractivity contribution is -0.120. The standard InChI is InChI=1S/C9H17N5O/c1-10-6-8-7-14(13-12-8)5-3-4-9(15)11-2/h7,10H,3-6H2,1-2H3,(H,11,15). The van der Waals surface area contributed by atoms with Gasteiger partial charge in [-0.25, -0.2) is 0 Å². The van der Waals surface area contributed by atoms with Crippen molar-refractivity contribution in [3.8, 4) is 0 Å². The molecule has 0 unspecified atom stereocenters. The number of hydrogen-bond donors (Lipinski definition) is 2. The molecule has 1 rings (SSSR count). The molecule has 0 aliphatic carbocycles. The molecule has 15 heavy (non-hydrogen) atoms. The van der Waals surface area contributed by atoms with Crippen molar-refractivity contribution in [1.29, 1.82) is 0 Å². The number of carbonyl (C=O) groups excluding carboxylic acids is 1. The zero-order valence-corrected chi connectivity index (χ0v) is 9.16. The monoisotopic (exact) mass is 211 g/mol. The van der Waals surface area contributed by atoms with E-state index in [1.54, 1.807) is 11.7 Å². The molecule has 0 saturated carbocycles. The second-order valence-electron chi connectivity index (χ2n) is 3.28. The molecule has 0 aliphatic heterocycles. The first kappa shape index (κ1) is 11.6. The summed E-state index contributed by atoms with van der Waals surface area (Å²) >= 11 is 0. The third-order valence-electron chi connectivity index (χ3n) is 2.01. The Labute approximate surface area is 89.0 Å². The Morgan fingerprint density at radius 2 is 2.33 bits per heavy atom. The van der Waals surface area contributed by atoms with Crippen molar-refractivity contribution in [2.24, 2.45) is 0 Å². The molecule has 0 atom stereocenters. The SMILES string of the molecule is CNCc1cn(CCCC(=O)NC)nn1. The summed E-state index contributed by atoms with van der Waals surface area (Å²) in [5.41, 5.74) is 0.914. The first-order valence-corrected chi connectivity index (χ1v) is 5.00. The number of rotatable bonds is 6. The van der Waals surface area contributed by atoms with E-state index in [1.807, 2.05) is 13.2 Å². The minimum atomic E-state index is 0.0607. The molecule has 0 saturated heterocycles. The smallest absolute Gasteiger partial charge is 0.219 e. The van der Waals surface area contributed by atoms with Gasteiger partial charge in [0.1, 0.15) is 0 Å². The number of nitrogens with one attached hydrogen (secondary N) is 2. The van der Waals surface area contributed by atoms with Gasteiger partial charge < -0.3 is 10.6 Å². The van der Waals surface area contributed by atoms with Gasteiger partial charge in [-0.1, -0.05) is 5.21 Å². The summed E-state index contributed by atoms with van der Waals surface area (Å²) in [5, 5.41) is 13.5. The highest BCUT2D eigenvalue weighted by Gasteiger charge is 2.01. The fourth-order valence-electron chi connectivity index (χ4n) is 1.24. The van der Waals surface area contributed by atoms with Crippen molar-refractivity contribution in [2.75, 3.05) is 14.1 Å². The highest BCUT2D eigenvalue weighted by Crippen LogP contribution is 1.96. The summed E-state index contributed by atoms with van der Waals surface area (Å²) < 4.78 is 1.76.